The Labute approximate surface area is 80.7 Å². The first-order chi connectivity index (χ1) is 5.77. The predicted molar refractivity (Wildman–Crippen MR) is 57.8 cm³/mol. The van der Waals surface area contributed by atoms with Crippen LogP contribution in [-0.2, 0) is 0 Å². The molecule has 1 nitrogen and oxygen atoms in total. The van der Waals surface area contributed by atoms with Gasteiger partial charge in [-0.15, -0.1) is 0 Å². The van der Waals surface area contributed by atoms with Crippen molar-refractivity contribution in [2.24, 2.45) is 5.41 Å². The monoisotopic (exact) mass is 187 g/mol. The molecule has 0 bridgehead atoms. The standard InChI is InChI=1S/C10H21NS/c1-10(5-6-10)9-11-7-3-4-8-12-2/h11H,3-9H2,1-2H3. The molecule has 72 valence electrons. The Balaban J connectivity index is 1.77. The molecule has 1 fully saturated rings. The summed E-state index contributed by atoms with van der Waals surface area (Å²) < 4.78 is 0. The molecule has 1 rings (SSSR count). The maximum atomic E-state index is 3.54. The fourth-order valence-corrected chi connectivity index (χ4v) is 1.77. The van der Waals surface area contributed by atoms with Crippen molar-refractivity contribution in [1.82, 2.24) is 5.32 Å². The Morgan fingerprint density at radius 3 is 2.67 bits per heavy atom. The van der Waals surface area contributed by atoms with Gasteiger partial charge in [0.05, 0.1) is 0 Å². The smallest absolute Gasteiger partial charge is 0.000517 e. The second-order valence-corrected chi connectivity index (χ2v) is 5.17. The lowest BCUT2D eigenvalue weighted by Crippen LogP contribution is -2.23. The lowest BCUT2D eigenvalue weighted by molar-refractivity contribution is 0.494. The molecule has 0 aromatic carbocycles. The van der Waals surface area contributed by atoms with Gasteiger partial charge in [0.2, 0.25) is 0 Å². The van der Waals surface area contributed by atoms with Gasteiger partial charge in [0.25, 0.3) is 0 Å². The van der Waals surface area contributed by atoms with Crippen LogP contribution >= 0.6 is 11.8 Å². The Kier molecular flexibility index (Phi) is 4.44. The summed E-state index contributed by atoms with van der Waals surface area (Å²) in [5.41, 5.74) is 0.680. The van der Waals surface area contributed by atoms with Crippen LogP contribution in [0.4, 0.5) is 0 Å². The number of unbranched alkanes of at least 4 members (excludes halogenated alkanes) is 1. The largest absolute Gasteiger partial charge is 0.316 e. The zero-order valence-electron chi connectivity index (χ0n) is 8.36. The molecule has 0 atom stereocenters. The molecule has 2 heteroatoms. The first-order valence-electron chi connectivity index (χ1n) is 4.96. The summed E-state index contributed by atoms with van der Waals surface area (Å²) in [6, 6.07) is 0. The molecule has 0 aromatic rings. The molecule has 0 aliphatic heterocycles. The molecule has 1 N–H and O–H groups in total. The molecule has 0 unspecified atom stereocenters. The van der Waals surface area contributed by atoms with E-state index in [4.69, 9.17) is 0 Å². The summed E-state index contributed by atoms with van der Waals surface area (Å²) >= 11 is 1.95. The molecule has 1 aliphatic rings. The molecule has 0 aromatic heterocycles. The van der Waals surface area contributed by atoms with Crippen LogP contribution in [0.2, 0.25) is 0 Å². The minimum atomic E-state index is 0.680. The average Bonchev–Trinajstić information content (AvgIpc) is 2.77. The highest BCUT2D eigenvalue weighted by molar-refractivity contribution is 7.98. The van der Waals surface area contributed by atoms with Gasteiger partial charge in [-0.1, -0.05) is 6.92 Å². The molecular weight excluding hydrogens is 166 g/mol. The van der Waals surface area contributed by atoms with Crippen LogP contribution in [0.25, 0.3) is 0 Å². The fraction of sp³-hybridized carbons (Fsp3) is 1.00. The maximum absolute atomic E-state index is 3.54. The van der Waals surface area contributed by atoms with E-state index in [0.29, 0.717) is 5.41 Å². The zero-order chi connectivity index (χ0) is 8.86. The van der Waals surface area contributed by atoms with Crippen LogP contribution in [0.1, 0.15) is 32.6 Å². The first-order valence-corrected chi connectivity index (χ1v) is 6.36. The third-order valence-electron chi connectivity index (χ3n) is 2.61. The molecule has 0 spiro atoms. The molecule has 0 saturated heterocycles. The summed E-state index contributed by atoms with van der Waals surface area (Å²) in [6.07, 6.45) is 7.76. The van der Waals surface area contributed by atoms with Crippen molar-refractivity contribution in [3.63, 3.8) is 0 Å². The van der Waals surface area contributed by atoms with Crippen molar-refractivity contribution in [2.75, 3.05) is 25.1 Å². The van der Waals surface area contributed by atoms with E-state index in [1.54, 1.807) is 0 Å². The SMILES string of the molecule is CSCCCCNCC1(C)CC1. The fourth-order valence-electron chi connectivity index (χ4n) is 1.28. The number of rotatable bonds is 7. The highest BCUT2D eigenvalue weighted by atomic mass is 32.2. The quantitative estimate of drug-likeness (QED) is 0.615. The van der Waals surface area contributed by atoms with E-state index in [-0.39, 0.29) is 0 Å². The van der Waals surface area contributed by atoms with Crippen molar-refractivity contribution in [2.45, 2.75) is 32.6 Å². The van der Waals surface area contributed by atoms with Crippen LogP contribution in [0, 0.1) is 5.41 Å². The molecule has 1 saturated carbocycles. The lowest BCUT2D eigenvalue weighted by Gasteiger charge is -2.09. The normalized spacial score (nSPS) is 19.5. The van der Waals surface area contributed by atoms with Crippen LogP contribution in [0.15, 0.2) is 0 Å². The van der Waals surface area contributed by atoms with Gasteiger partial charge in [0, 0.05) is 6.54 Å². The molecule has 0 heterocycles. The molecule has 0 radical (unpaired) electrons. The number of hydrogen-bond acceptors (Lipinski definition) is 2. The van der Waals surface area contributed by atoms with Crippen LogP contribution in [0.5, 0.6) is 0 Å². The summed E-state index contributed by atoms with van der Waals surface area (Å²) in [5, 5.41) is 3.54. The second kappa shape index (κ2) is 5.13. The van der Waals surface area contributed by atoms with E-state index in [1.165, 1.54) is 44.5 Å². The Morgan fingerprint density at radius 2 is 2.08 bits per heavy atom. The average molecular weight is 187 g/mol. The molecule has 1 aliphatic carbocycles. The van der Waals surface area contributed by atoms with Crippen LogP contribution < -0.4 is 5.32 Å². The van der Waals surface area contributed by atoms with Gasteiger partial charge >= 0.3 is 0 Å². The van der Waals surface area contributed by atoms with Crippen molar-refractivity contribution in [3.05, 3.63) is 0 Å². The topological polar surface area (TPSA) is 12.0 Å². The molecular formula is C10H21NS. The van der Waals surface area contributed by atoms with E-state index >= 15 is 0 Å². The zero-order valence-corrected chi connectivity index (χ0v) is 9.17. The number of thioether (sulfide) groups is 1. The summed E-state index contributed by atoms with van der Waals surface area (Å²) in [5.74, 6) is 1.32. The number of hydrogen-bond donors (Lipinski definition) is 1. The van der Waals surface area contributed by atoms with E-state index in [9.17, 15) is 0 Å². The highest BCUT2D eigenvalue weighted by Crippen LogP contribution is 2.43. The second-order valence-electron chi connectivity index (χ2n) is 4.19. The lowest BCUT2D eigenvalue weighted by atomic mass is 10.1. The van der Waals surface area contributed by atoms with E-state index in [0.717, 1.165) is 0 Å². The summed E-state index contributed by atoms with van der Waals surface area (Å²) in [7, 11) is 0. The van der Waals surface area contributed by atoms with Crippen LogP contribution in [-0.4, -0.2) is 25.1 Å². The summed E-state index contributed by atoms with van der Waals surface area (Å²) in [6.45, 7) is 4.84. The van der Waals surface area contributed by atoms with Gasteiger partial charge in [-0.3, -0.25) is 0 Å². The van der Waals surface area contributed by atoms with Gasteiger partial charge in [0.15, 0.2) is 0 Å². The Bertz CT molecular complexity index is 121. The van der Waals surface area contributed by atoms with E-state index in [1.807, 2.05) is 11.8 Å². The van der Waals surface area contributed by atoms with Gasteiger partial charge in [-0.2, -0.15) is 11.8 Å². The number of nitrogens with one attached hydrogen (secondary N) is 1. The third-order valence-corrected chi connectivity index (χ3v) is 3.30. The minimum Gasteiger partial charge on any atom is -0.316 e. The van der Waals surface area contributed by atoms with E-state index in [2.05, 4.69) is 18.5 Å². The van der Waals surface area contributed by atoms with Gasteiger partial charge in [-0.25, -0.2) is 0 Å². The van der Waals surface area contributed by atoms with Crippen LogP contribution in [0.3, 0.4) is 0 Å². The molecule has 0 amide bonds. The maximum Gasteiger partial charge on any atom is 0.000517 e. The van der Waals surface area contributed by atoms with Crippen molar-refractivity contribution < 1.29 is 0 Å². The van der Waals surface area contributed by atoms with E-state index < -0.39 is 0 Å². The van der Waals surface area contributed by atoms with Crippen molar-refractivity contribution in [3.8, 4) is 0 Å². The Morgan fingerprint density at radius 1 is 1.33 bits per heavy atom. The predicted octanol–water partition coefficient (Wildman–Crippen LogP) is 2.52. The highest BCUT2D eigenvalue weighted by Gasteiger charge is 2.36. The van der Waals surface area contributed by atoms with Gasteiger partial charge < -0.3 is 5.32 Å². The minimum absolute atomic E-state index is 0.680. The van der Waals surface area contributed by atoms with Crippen molar-refractivity contribution >= 4 is 11.8 Å². The third kappa shape index (κ3) is 4.36. The summed E-state index contributed by atoms with van der Waals surface area (Å²) in [4.78, 5) is 0. The molecule has 12 heavy (non-hydrogen) atoms. The van der Waals surface area contributed by atoms with Gasteiger partial charge in [0.1, 0.15) is 0 Å². The van der Waals surface area contributed by atoms with Crippen molar-refractivity contribution in [1.29, 1.82) is 0 Å². The first kappa shape index (κ1) is 10.4. The Hall–Kier alpha value is 0.310. The van der Waals surface area contributed by atoms with Gasteiger partial charge in [-0.05, 0) is 49.7 Å².